The van der Waals surface area contributed by atoms with Crippen molar-refractivity contribution in [1.82, 2.24) is 14.3 Å². The normalized spacial score (nSPS) is 18.9. The first-order valence-electron chi connectivity index (χ1n) is 6.67. The molecule has 18 heavy (non-hydrogen) atoms. The lowest BCUT2D eigenvalue weighted by Gasteiger charge is -2.21. The van der Waals surface area contributed by atoms with Crippen LogP contribution in [0.4, 0.5) is 0 Å². The minimum atomic E-state index is 0.235. The van der Waals surface area contributed by atoms with Gasteiger partial charge in [0, 0.05) is 36.4 Å². The molecule has 2 N–H and O–H groups in total. The minimum Gasteiger partial charge on any atom is -0.347 e. The number of rotatable bonds is 3. The van der Waals surface area contributed by atoms with Gasteiger partial charge in [-0.3, -0.25) is 4.68 Å². The highest BCUT2D eigenvalue weighted by atomic mass is 15.3. The lowest BCUT2D eigenvalue weighted by atomic mass is 9.93. The van der Waals surface area contributed by atoms with Gasteiger partial charge in [0.1, 0.15) is 0 Å². The SMILES string of the molecule is Cc1cc2c(n1CCn1cccn1)CCCC2N. The van der Waals surface area contributed by atoms with E-state index in [4.69, 9.17) is 5.73 Å². The first-order valence-corrected chi connectivity index (χ1v) is 6.67. The molecule has 0 radical (unpaired) electrons. The molecule has 4 nitrogen and oxygen atoms in total. The molecule has 0 aromatic carbocycles. The molecule has 1 aliphatic carbocycles. The predicted octanol–water partition coefficient (Wildman–Crippen LogP) is 2.03. The Hall–Kier alpha value is -1.55. The average Bonchev–Trinajstić information content (AvgIpc) is 2.95. The Morgan fingerprint density at radius 2 is 2.33 bits per heavy atom. The Bertz CT molecular complexity index is 524. The maximum absolute atomic E-state index is 6.19. The van der Waals surface area contributed by atoms with Crippen LogP contribution in [0.5, 0.6) is 0 Å². The molecule has 1 atom stereocenters. The lowest BCUT2D eigenvalue weighted by Crippen LogP contribution is -2.19. The largest absolute Gasteiger partial charge is 0.347 e. The fourth-order valence-electron chi connectivity index (χ4n) is 2.95. The van der Waals surface area contributed by atoms with Crippen molar-refractivity contribution in [3.05, 3.63) is 41.5 Å². The molecule has 0 amide bonds. The van der Waals surface area contributed by atoms with E-state index in [0.29, 0.717) is 0 Å². The molecule has 0 aliphatic heterocycles. The van der Waals surface area contributed by atoms with Crippen molar-refractivity contribution in [2.24, 2.45) is 5.73 Å². The van der Waals surface area contributed by atoms with Crippen LogP contribution >= 0.6 is 0 Å². The van der Waals surface area contributed by atoms with Gasteiger partial charge < -0.3 is 10.3 Å². The third-order valence-corrected chi connectivity index (χ3v) is 3.89. The zero-order valence-corrected chi connectivity index (χ0v) is 10.8. The highest BCUT2D eigenvalue weighted by Gasteiger charge is 2.21. The van der Waals surface area contributed by atoms with Crippen molar-refractivity contribution in [1.29, 1.82) is 0 Å². The maximum atomic E-state index is 6.19. The molecule has 2 aromatic rings. The van der Waals surface area contributed by atoms with Gasteiger partial charge in [-0.15, -0.1) is 0 Å². The first kappa shape index (κ1) is 11.5. The fourth-order valence-corrected chi connectivity index (χ4v) is 2.95. The highest BCUT2D eigenvalue weighted by molar-refractivity contribution is 5.32. The van der Waals surface area contributed by atoms with E-state index in [1.165, 1.54) is 23.4 Å². The summed E-state index contributed by atoms with van der Waals surface area (Å²) in [5, 5.41) is 4.25. The van der Waals surface area contributed by atoms with E-state index in [1.807, 2.05) is 23.1 Å². The second-order valence-corrected chi connectivity index (χ2v) is 5.11. The van der Waals surface area contributed by atoms with Crippen molar-refractivity contribution in [2.75, 3.05) is 0 Å². The van der Waals surface area contributed by atoms with Crippen molar-refractivity contribution in [3.63, 3.8) is 0 Å². The second-order valence-electron chi connectivity index (χ2n) is 5.11. The van der Waals surface area contributed by atoms with Crippen molar-refractivity contribution < 1.29 is 0 Å². The molecule has 0 bridgehead atoms. The average molecular weight is 244 g/mol. The summed E-state index contributed by atoms with van der Waals surface area (Å²) in [6.07, 6.45) is 7.33. The predicted molar refractivity (Wildman–Crippen MR) is 71.3 cm³/mol. The van der Waals surface area contributed by atoms with E-state index in [0.717, 1.165) is 25.9 Å². The summed E-state index contributed by atoms with van der Waals surface area (Å²) in [4.78, 5) is 0. The van der Waals surface area contributed by atoms with E-state index in [1.54, 1.807) is 0 Å². The molecular formula is C14H20N4. The summed E-state index contributed by atoms with van der Waals surface area (Å²) < 4.78 is 4.39. The van der Waals surface area contributed by atoms with Gasteiger partial charge in [-0.1, -0.05) is 0 Å². The third kappa shape index (κ3) is 1.97. The number of hydrogen-bond acceptors (Lipinski definition) is 2. The highest BCUT2D eigenvalue weighted by Crippen LogP contribution is 2.30. The van der Waals surface area contributed by atoms with E-state index in [2.05, 4.69) is 22.7 Å². The summed E-state index contributed by atoms with van der Waals surface area (Å²) >= 11 is 0. The number of hydrogen-bond donors (Lipinski definition) is 1. The topological polar surface area (TPSA) is 48.8 Å². The van der Waals surface area contributed by atoms with Crippen LogP contribution in [0.1, 0.15) is 35.8 Å². The summed E-state index contributed by atoms with van der Waals surface area (Å²) in [5.41, 5.74) is 10.3. The van der Waals surface area contributed by atoms with Crippen LogP contribution in [0.15, 0.2) is 24.5 Å². The fraction of sp³-hybridized carbons (Fsp3) is 0.500. The zero-order chi connectivity index (χ0) is 12.5. The Balaban J connectivity index is 1.83. The smallest absolute Gasteiger partial charge is 0.0588 e. The lowest BCUT2D eigenvalue weighted by molar-refractivity contribution is 0.493. The molecule has 4 heteroatoms. The Morgan fingerprint density at radius 1 is 1.44 bits per heavy atom. The van der Waals surface area contributed by atoms with E-state index < -0.39 is 0 Å². The molecule has 0 fully saturated rings. The Kier molecular flexibility index (Phi) is 2.96. The Morgan fingerprint density at radius 3 is 3.11 bits per heavy atom. The van der Waals surface area contributed by atoms with Crippen LogP contribution in [-0.4, -0.2) is 14.3 Å². The van der Waals surface area contributed by atoms with Crippen LogP contribution in [0.3, 0.4) is 0 Å². The summed E-state index contributed by atoms with van der Waals surface area (Å²) in [6, 6.07) is 4.47. The monoisotopic (exact) mass is 244 g/mol. The first-order chi connectivity index (χ1) is 8.75. The van der Waals surface area contributed by atoms with Gasteiger partial charge in [0.05, 0.1) is 6.54 Å². The van der Waals surface area contributed by atoms with Gasteiger partial charge >= 0.3 is 0 Å². The van der Waals surface area contributed by atoms with E-state index in [9.17, 15) is 0 Å². The quantitative estimate of drug-likeness (QED) is 0.898. The van der Waals surface area contributed by atoms with Gasteiger partial charge in [0.15, 0.2) is 0 Å². The van der Waals surface area contributed by atoms with Crippen LogP contribution in [0, 0.1) is 6.92 Å². The van der Waals surface area contributed by atoms with Crippen LogP contribution < -0.4 is 5.73 Å². The molecule has 2 aromatic heterocycles. The van der Waals surface area contributed by atoms with Crippen molar-refractivity contribution >= 4 is 0 Å². The number of nitrogens with zero attached hydrogens (tertiary/aromatic N) is 3. The summed E-state index contributed by atoms with van der Waals surface area (Å²) in [7, 11) is 0. The van der Waals surface area contributed by atoms with Crippen molar-refractivity contribution in [2.45, 2.75) is 45.3 Å². The molecule has 1 unspecified atom stereocenters. The second kappa shape index (κ2) is 4.61. The standard InChI is InChI=1S/C14H20N4/c1-11-10-12-13(15)4-2-5-14(12)18(11)9-8-17-7-3-6-16-17/h3,6-7,10,13H,2,4-5,8-9,15H2,1H3. The minimum absolute atomic E-state index is 0.235. The van der Waals surface area contributed by atoms with Crippen molar-refractivity contribution in [3.8, 4) is 0 Å². The van der Waals surface area contributed by atoms with Gasteiger partial charge in [-0.2, -0.15) is 5.10 Å². The van der Waals surface area contributed by atoms with Gasteiger partial charge in [0.25, 0.3) is 0 Å². The van der Waals surface area contributed by atoms with Crippen LogP contribution in [0.2, 0.25) is 0 Å². The van der Waals surface area contributed by atoms with Crippen LogP contribution in [-0.2, 0) is 19.5 Å². The number of aryl methyl sites for hydroxylation is 2. The molecule has 3 rings (SSSR count). The molecule has 0 spiro atoms. The number of aromatic nitrogens is 3. The van der Waals surface area contributed by atoms with E-state index >= 15 is 0 Å². The van der Waals surface area contributed by atoms with Gasteiger partial charge in [-0.25, -0.2) is 0 Å². The third-order valence-electron chi connectivity index (χ3n) is 3.89. The van der Waals surface area contributed by atoms with Gasteiger partial charge in [0.2, 0.25) is 0 Å². The maximum Gasteiger partial charge on any atom is 0.0588 e. The molecule has 96 valence electrons. The molecular weight excluding hydrogens is 224 g/mol. The summed E-state index contributed by atoms with van der Waals surface area (Å²) in [5.74, 6) is 0. The van der Waals surface area contributed by atoms with E-state index in [-0.39, 0.29) is 6.04 Å². The van der Waals surface area contributed by atoms with Gasteiger partial charge in [-0.05, 0) is 43.9 Å². The number of nitrogens with two attached hydrogens (primary N) is 1. The zero-order valence-electron chi connectivity index (χ0n) is 10.8. The summed E-state index contributed by atoms with van der Waals surface area (Å²) in [6.45, 7) is 4.08. The molecule has 2 heterocycles. The Labute approximate surface area is 107 Å². The number of fused-ring (bicyclic) bond motifs is 1. The molecule has 0 saturated carbocycles. The molecule has 0 saturated heterocycles. The molecule has 1 aliphatic rings. The van der Waals surface area contributed by atoms with Crippen LogP contribution in [0.25, 0.3) is 0 Å².